The van der Waals surface area contributed by atoms with Crippen molar-refractivity contribution in [3.8, 4) is 0 Å². The lowest BCUT2D eigenvalue weighted by molar-refractivity contribution is 0.102. The fourth-order valence-corrected chi connectivity index (χ4v) is 2.79. The second-order valence-electron chi connectivity index (χ2n) is 5.45. The number of carbonyl (C=O) groups is 1. The average molecular weight is 301 g/mol. The van der Waals surface area contributed by atoms with Crippen molar-refractivity contribution in [1.82, 2.24) is 0 Å². The number of aryl methyl sites for hydroxylation is 1. The minimum atomic E-state index is -0.126. The number of nitrogens with one attached hydrogen (secondary N) is 1. The summed E-state index contributed by atoms with van der Waals surface area (Å²) in [5.41, 5.74) is 9.97. The summed E-state index contributed by atoms with van der Waals surface area (Å²) in [6.45, 7) is 0. The van der Waals surface area contributed by atoms with Gasteiger partial charge in [-0.25, -0.2) is 0 Å². The summed E-state index contributed by atoms with van der Waals surface area (Å²) in [6.07, 6.45) is 2.89. The Morgan fingerprint density at radius 2 is 1.90 bits per heavy atom. The molecule has 4 heteroatoms. The summed E-state index contributed by atoms with van der Waals surface area (Å²) in [4.78, 5) is 12.2. The van der Waals surface area contributed by atoms with Crippen molar-refractivity contribution in [1.29, 1.82) is 0 Å². The van der Waals surface area contributed by atoms with Crippen LogP contribution in [-0.2, 0) is 12.8 Å². The Morgan fingerprint density at radius 3 is 2.67 bits per heavy atom. The molecule has 0 radical (unpaired) electrons. The number of anilines is 1. The van der Waals surface area contributed by atoms with Crippen molar-refractivity contribution in [2.75, 3.05) is 5.32 Å². The second kappa shape index (κ2) is 5.88. The van der Waals surface area contributed by atoms with E-state index >= 15 is 0 Å². The lowest BCUT2D eigenvalue weighted by Gasteiger charge is -2.22. The van der Waals surface area contributed by atoms with E-state index in [1.807, 2.05) is 6.07 Å². The number of nitrogens with two attached hydrogens (primary N) is 1. The van der Waals surface area contributed by atoms with Gasteiger partial charge in [-0.3, -0.25) is 4.79 Å². The normalized spacial score (nSPS) is 17.1. The van der Waals surface area contributed by atoms with Gasteiger partial charge in [-0.2, -0.15) is 0 Å². The first kappa shape index (κ1) is 14.1. The topological polar surface area (TPSA) is 55.1 Å². The molecule has 1 aliphatic carbocycles. The molecule has 1 aliphatic rings. The Hall–Kier alpha value is -1.84. The molecule has 1 amide bonds. The molecular weight excluding hydrogens is 284 g/mol. The maximum atomic E-state index is 12.2. The molecule has 0 unspecified atom stereocenters. The zero-order valence-corrected chi connectivity index (χ0v) is 12.4. The van der Waals surface area contributed by atoms with Crippen molar-refractivity contribution in [2.24, 2.45) is 5.73 Å². The summed E-state index contributed by atoms with van der Waals surface area (Å²) in [5, 5.41) is 3.55. The highest BCUT2D eigenvalue weighted by Gasteiger charge is 2.16. The third-order valence-electron chi connectivity index (χ3n) is 3.84. The summed E-state index contributed by atoms with van der Waals surface area (Å²) in [5.74, 6) is -0.126. The van der Waals surface area contributed by atoms with Gasteiger partial charge in [-0.15, -0.1) is 0 Å². The maximum absolute atomic E-state index is 12.2. The number of hydrogen-bond donors (Lipinski definition) is 2. The minimum absolute atomic E-state index is 0.126. The van der Waals surface area contributed by atoms with Gasteiger partial charge in [0.2, 0.25) is 0 Å². The molecule has 0 heterocycles. The van der Waals surface area contributed by atoms with Crippen LogP contribution in [0.2, 0.25) is 5.02 Å². The number of fused-ring (bicyclic) bond motifs is 1. The van der Waals surface area contributed by atoms with Crippen molar-refractivity contribution < 1.29 is 4.79 Å². The van der Waals surface area contributed by atoms with Crippen LogP contribution in [0.4, 0.5) is 5.69 Å². The van der Waals surface area contributed by atoms with E-state index in [-0.39, 0.29) is 11.9 Å². The second-order valence-corrected chi connectivity index (χ2v) is 5.88. The molecule has 0 bridgehead atoms. The predicted molar refractivity (Wildman–Crippen MR) is 85.8 cm³/mol. The first-order valence-corrected chi connectivity index (χ1v) is 7.44. The monoisotopic (exact) mass is 300 g/mol. The van der Waals surface area contributed by atoms with Gasteiger partial charge in [0.25, 0.3) is 5.91 Å². The molecule has 3 N–H and O–H groups in total. The standard InChI is InChI=1S/C17H17ClN2O/c18-14-5-1-11(2-6-14)17(21)20-16-8-4-12-9-15(19)7-3-13(12)10-16/h1-2,4-6,8,10,15H,3,7,9,19H2,(H,20,21)/t15-/m1/s1. The summed E-state index contributed by atoms with van der Waals surface area (Å²) in [6, 6.07) is 13.2. The van der Waals surface area contributed by atoms with Gasteiger partial charge < -0.3 is 11.1 Å². The van der Waals surface area contributed by atoms with E-state index in [1.54, 1.807) is 24.3 Å². The Bertz CT molecular complexity index is 667. The third-order valence-corrected chi connectivity index (χ3v) is 4.09. The van der Waals surface area contributed by atoms with E-state index in [1.165, 1.54) is 11.1 Å². The van der Waals surface area contributed by atoms with E-state index in [9.17, 15) is 4.79 Å². The fourth-order valence-electron chi connectivity index (χ4n) is 2.67. The molecule has 3 nitrogen and oxygen atoms in total. The third kappa shape index (κ3) is 3.26. The molecular formula is C17H17ClN2O. The summed E-state index contributed by atoms with van der Waals surface area (Å²) < 4.78 is 0. The first-order valence-electron chi connectivity index (χ1n) is 7.06. The first-order chi connectivity index (χ1) is 10.1. The average Bonchev–Trinajstić information content (AvgIpc) is 2.48. The summed E-state index contributed by atoms with van der Waals surface area (Å²) >= 11 is 5.83. The molecule has 0 saturated heterocycles. The highest BCUT2D eigenvalue weighted by Crippen LogP contribution is 2.24. The van der Waals surface area contributed by atoms with Crippen LogP contribution in [0.1, 0.15) is 27.9 Å². The van der Waals surface area contributed by atoms with E-state index in [0.29, 0.717) is 10.6 Å². The van der Waals surface area contributed by atoms with Gasteiger partial charge in [0.1, 0.15) is 0 Å². The quantitative estimate of drug-likeness (QED) is 0.893. The van der Waals surface area contributed by atoms with E-state index in [2.05, 4.69) is 17.4 Å². The molecule has 0 aromatic heterocycles. The molecule has 0 fully saturated rings. The largest absolute Gasteiger partial charge is 0.327 e. The molecule has 21 heavy (non-hydrogen) atoms. The molecule has 2 aromatic rings. The van der Waals surface area contributed by atoms with Gasteiger partial charge >= 0.3 is 0 Å². The Balaban J connectivity index is 1.76. The smallest absolute Gasteiger partial charge is 0.255 e. The zero-order valence-electron chi connectivity index (χ0n) is 11.6. The van der Waals surface area contributed by atoms with Crippen LogP contribution in [0.5, 0.6) is 0 Å². The molecule has 1 atom stereocenters. The van der Waals surface area contributed by atoms with Crippen LogP contribution in [0, 0.1) is 0 Å². The number of hydrogen-bond acceptors (Lipinski definition) is 2. The predicted octanol–water partition coefficient (Wildman–Crippen LogP) is 3.41. The maximum Gasteiger partial charge on any atom is 0.255 e. The minimum Gasteiger partial charge on any atom is -0.327 e. The molecule has 0 saturated carbocycles. The number of amides is 1. The Labute approximate surface area is 129 Å². The fraction of sp³-hybridized carbons (Fsp3) is 0.235. The van der Waals surface area contributed by atoms with Crippen LogP contribution in [0.3, 0.4) is 0 Å². The Morgan fingerprint density at radius 1 is 1.14 bits per heavy atom. The Kier molecular flexibility index (Phi) is 3.95. The highest BCUT2D eigenvalue weighted by atomic mass is 35.5. The van der Waals surface area contributed by atoms with Crippen molar-refractivity contribution >= 4 is 23.2 Å². The molecule has 2 aromatic carbocycles. The SMILES string of the molecule is N[C@@H]1CCc2cc(NC(=O)c3ccc(Cl)cc3)ccc2C1. The number of carbonyl (C=O) groups excluding carboxylic acids is 1. The van der Waals surface area contributed by atoms with Gasteiger partial charge in [-0.1, -0.05) is 17.7 Å². The zero-order chi connectivity index (χ0) is 14.8. The highest BCUT2D eigenvalue weighted by molar-refractivity contribution is 6.30. The lowest BCUT2D eigenvalue weighted by Crippen LogP contribution is -2.27. The molecule has 3 rings (SSSR count). The lowest BCUT2D eigenvalue weighted by atomic mass is 9.88. The van der Waals surface area contributed by atoms with Crippen molar-refractivity contribution in [3.05, 3.63) is 64.2 Å². The number of rotatable bonds is 2. The van der Waals surface area contributed by atoms with Gasteiger partial charge in [-0.05, 0) is 66.8 Å². The molecule has 0 spiro atoms. The van der Waals surface area contributed by atoms with Gasteiger partial charge in [0, 0.05) is 22.3 Å². The van der Waals surface area contributed by atoms with Crippen LogP contribution in [0.25, 0.3) is 0 Å². The van der Waals surface area contributed by atoms with E-state index < -0.39 is 0 Å². The molecule has 108 valence electrons. The van der Waals surface area contributed by atoms with E-state index in [0.717, 1.165) is 24.9 Å². The van der Waals surface area contributed by atoms with Crippen LogP contribution >= 0.6 is 11.6 Å². The van der Waals surface area contributed by atoms with Crippen LogP contribution in [0.15, 0.2) is 42.5 Å². The van der Waals surface area contributed by atoms with Crippen molar-refractivity contribution in [2.45, 2.75) is 25.3 Å². The number of benzene rings is 2. The van der Waals surface area contributed by atoms with Gasteiger partial charge in [0.15, 0.2) is 0 Å². The van der Waals surface area contributed by atoms with Crippen LogP contribution in [-0.4, -0.2) is 11.9 Å². The molecule has 0 aliphatic heterocycles. The van der Waals surface area contributed by atoms with Gasteiger partial charge in [0.05, 0.1) is 0 Å². The van der Waals surface area contributed by atoms with Crippen molar-refractivity contribution in [3.63, 3.8) is 0 Å². The summed E-state index contributed by atoms with van der Waals surface area (Å²) in [7, 11) is 0. The van der Waals surface area contributed by atoms with E-state index in [4.69, 9.17) is 17.3 Å². The number of halogens is 1. The van der Waals surface area contributed by atoms with Crippen LogP contribution < -0.4 is 11.1 Å².